The molecule has 0 saturated carbocycles. The SMILES string of the molecule is CC1=CC(C)c2cccc(C)c2[CH]1. The first-order chi connectivity index (χ1) is 6.18. The summed E-state index contributed by atoms with van der Waals surface area (Å²) in [5, 5.41) is 0. The Bertz CT molecular complexity index is 358. The highest BCUT2D eigenvalue weighted by molar-refractivity contribution is 5.51. The molecule has 13 heavy (non-hydrogen) atoms. The smallest absolute Gasteiger partial charge is 0.0157 e. The Labute approximate surface area is 80.3 Å². The van der Waals surface area contributed by atoms with E-state index in [9.17, 15) is 0 Å². The quantitative estimate of drug-likeness (QED) is 0.559. The molecule has 0 aliphatic heterocycles. The summed E-state index contributed by atoms with van der Waals surface area (Å²) in [7, 11) is 0. The van der Waals surface area contributed by atoms with Crippen molar-refractivity contribution < 1.29 is 0 Å². The van der Waals surface area contributed by atoms with E-state index in [0.29, 0.717) is 5.92 Å². The Hall–Kier alpha value is -1.04. The van der Waals surface area contributed by atoms with E-state index < -0.39 is 0 Å². The van der Waals surface area contributed by atoms with Crippen molar-refractivity contribution in [3.8, 4) is 0 Å². The van der Waals surface area contributed by atoms with Crippen LogP contribution >= 0.6 is 0 Å². The van der Waals surface area contributed by atoms with Crippen LogP contribution in [-0.2, 0) is 0 Å². The second-order valence-electron chi connectivity index (χ2n) is 3.92. The molecule has 67 valence electrons. The number of hydrogen-bond donors (Lipinski definition) is 0. The van der Waals surface area contributed by atoms with Gasteiger partial charge in [0, 0.05) is 6.42 Å². The van der Waals surface area contributed by atoms with Crippen LogP contribution in [0.15, 0.2) is 29.8 Å². The minimum atomic E-state index is 0.569. The lowest BCUT2D eigenvalue weighted by Crippen LogP contribution is -2.05. The van der Waals surface area contributed by atoms with Crippen LogP contribution in [-0.4, -0.2) is 0 Å². The third-order valence-corrected chi connectivity index (χ3v) is 2.73. The monoisotopic (exact) mass is 171 g/mol. The van der Waals surface area contributed by atoms with Crippen molar-refractivity contribution in [1.82, 2.24) is 0 Å². The van der Waals surface area contributed by atoms with E-state index in [4.69, 9.17) is 0 Å². The average Bonchev–Trinajstić information content (AvgIpc) is 2.07. The third-order valence-electron chi connectivity index (χ3n) is 2.73. The number of aryl methyl sites for hydroxylation is 1. The zero-order valence-corrected chi connectivity index (χ0v) is 8.46. The summed E-state index contributed by atoms with van der Waals surface area (Å²) >= 11 is 0. The minimum Gasteiger partial charge on any atom is -0.0777 e. The lowest BCUT2D eigenvalue weighted by atomic mass is 9.83. The minimum absolute atomic E-state index is 0.569. The Balaban J connectivity index is 2.55. The van der Waals surface area contributed by atoms with Crippen LogP contribution in [0.3, 0.4) is 0 Å². The molecule has 1 atom stereocenters. The highest BCUT2D eigenvalue weighted by Crippen LogP contribution is 2.32. The zero-order chi connectivity index (χ0) is 9.42. The van der Waals surface area contributed by atoms with Gasteiger partial charge in [0.1, 0.15) is 0 Å². The lowest BCUT2D eigenvalue weighted by molar-refractivity contribution is 0.917. The molecule has 1 aromatic carbocycles. The van der Waals surface area contributed by atoms with E-state index in [0.717, 1.165) is 0 Å². The van der Waals surface area contributed by atoms with Crippen molar-refractivity contribution in [3.63, 3.8) is 0 Å². The van der Waals surface area contributed by atoms with Gasteiger partial charge in [-0.3, -0.25) is 0 Å². The fourth-order valence-corrected chi connectivity index (χ4v) is 2.06. The molecule has 1 aliphatic carbocycles. The van der Waals surface area contributed by atoms with E-state index in [2.05, 4.69) is 51.5 Å². The van der Waals surface area contributed by atoms with Crippen molar-refractivity contribution in [2.45, 2.75) is 26.7 Å². The highest BCUT2D eigenvalue weighted by atomic mass is 14.2. The largest absolute Gasteiger partial charge is 0.0777 e. The summed E-state index contributed by atoms with van der Waals surface area (Å²) in [5.41, 5.74) is 5.66. The van der Waals surface area contributed by atoms with Crippen LogP contribution in [0.1, 0.15) is 36.5 Å². The van der Waals surface area contributed by atoms with E-state index in [1.165, 1.54) is 22.3 Å². The van der Waals surface area contributed by atoms with E-state index in [1.54, 1.807) is 0 Å². The standard InChI is InChI=1S/C13H15/c1-9-7-11(3)12-6-4-5-10(2)13(12)8-9/h4-8,11H,1-3H3. The molecule has 0 saturated heterocycles. The van der Waals surface area contributed by atoms with Crippen molar-refractivity contribution in [1.29, 1.82) is 0 Å². The lowest BCUT2D eigenvalue weighted by Gasteiger charge is -2.21. The number of allylic oxidation sites excluding steroid dienone is 2. The zero-order valence-electron chi connectivity index (χ0n) is 8.46. The van der Waals surface area contributed by atoms with Crippen LogP contribution in [0.5, 0.6) is 0 Å². The molecule has 0 N–H and O–H groups in total. The first kappa shape index (κ1) is 8.55. The van der Waals surface area contributed by atoms with E-state index >= 15 is 0 Å². The maximum atomic E-state index is 2.32. The van der Waals surface area contributed by atoms with Gasteiger partial charge in [0.2, 0.25) is 0 Å². The Morgan fingerprint density at radius 1 is 1.15 bits per heavy atom. The number of rotatable bonds is 0. The topological polar surface area (TPSA) is 0 Å². The van der Waals surface area contributed by atoms with Gasteiger partial charge in [0.05, 0.1) is 0 Å². The molecular weight excluding hydrogens is 156 g/mol. The molecule has 1 aliphatic rings. The first-order valence-electron chi connectivity index (χ1n) is 4.81. The average molecular weight is 171 g/mol. The van der Waals surface area contributed by atoms with E-state index in [-0.39, 0.29) is 0 Å². The molecule has 0 fully saturated rings. The molecule has 0 spiro atoms. The molecule has 1 radical (unpaired) electrons. The summed E-state index contributed by atoms with van der Waals surface area (Å²) in [6.45, 7) is 6.61. The highest BCUT2D eigenvalue weighted by Gasteiger charge is 2.15. The fraction of sp³-hybridized carbons (Fsp3) is 0.308. The predicted molar refractivity (Wildman–Crippen MR) is 56.8 cm³/mol. The summed E-state index contributed by atoms with van der Waals surface area (Å²) < 4.78 is 0. The van der Waals surface area contributed by atoms with Gasteiger partial charge in [-0.2, -0.15) is 0 Å². The molecule has 0 aromatic heterocycles. The molecule has 0 nitrogen and oxygen atoms in total. The van der Waals surface area contributed by atoms with Gasteiger partial charge < -0.3 is 0 Å². The second-order valence-corrected chi connectivity index (χ2v) is 3.92. The van der Waals surface area contributed by atoms with Crippen LogP contribution in [0.25, 0.3) is 0 Å². The molecule has 2 rings (SSSR count). The van der Waals surface area contributed by atoms with Gasteiger partial charge in [-0.05, 0) is 36.5 Å². The number of benzene rings is 1. The third kappa shape index (κ3) is 1.41. The van der Waals surface area contributed by atoms with Crippen molar-refractivity contribution in [3.05, 3.63) is 53.0 Å². The molecule has 1 unspecified atom stereocenters. The number of hydrogen-bond acceptors (Lipinski definition) is 0. The molecule has 0 heteroatoms. The Morgan fingerprint density at radius 2 is 1.92 bits per heavy atom. The molecule has 0 amide bonds. The van der Waals surface area contributed by atoms with Gasteiger partial charge in [0.15, 0.2) is 0 Å². The van der Waals surface area contributed by atoms with Crippen LogP contribution in [0.2, 0.25) is 0 Å². The number of fused-ring (bicyclic) bond motifs is 1. The molecule has 0 heterocycles. The summed E-state index contributed by atoms with van der Waals surface area (Å²) in [4.78, 5) is 0. The Morgan fingerprint density at radius 3 is 2.69 bits per heavy atom. The van der Waals surface area contributed by atoms with Gasteiger partial charge in [-0.1, -0.05) is 36.8 Å². The second kappa shape index (κ2) is 3.02. The fourth-order valence-electron chi connectivity index (χ4n) is 2.06. The summed E-state index contributed by atoms with van der Waals surface area (Å²) in [5.74, 6) is 0.569. The van der Waals surface area contributed by atoms with Crippen molar-refractivity contribution in [2.75, 3.05) is 0 Å². The van der Waals surface area contributed by atoms with Gasteiger partial charge in [-0.25, -0.2) is 0 Å². The van der Waals surface area contributed by atoms with Crippen molar-refractivity contribution in [2.24, 2.45) is 0 Å². The van der Waals surface area contributed by atoms with Gasteiger partial charge in [-0.15, -0.1) is 0 Å². The van der Waals surface area contributed by atoms with Crippen molar-refractivity contribution >= 4 is 0 Å². The maximum absolute atomic E-state index is 2.32. The maximum Gasteiger partial charge on any atom is 0.0157 e. The van der Waals surface area contributed by atoms with E-state index in [1.807, 2.05) is 0 Å². The van der Waals surface area contributed by atoms with Crippen LogP contribution < -0.4 is 0 Å². The first-order valence-corrected chi connectivity index (χ1v) is 4.81. The summed E-state index contributed by atoms with van der Waals surface area (Å²) in [6.07, 6.45) is 4.60. The molecule has 0 bridgehead atoms. The molecular formula is C13H15. The summed E-state index contributed by atoms with van der Waals surface area (Å²) in [6, 6.07) is 6.56. The normalized spacial score (nSPS) is 20.8. The van der Waals surface area contributed by atoms with Gasteiger partial charge in [0.25, 0.3) is 0 Å². The van der Waals surface area contributed by atoms with Crippen LogP contribution in [0, 0.1) is 13.3 Å². The Kier molecular flexibility index (Phi) is 1.99. The van der Waals surface area contributed by atoms with Gasteiger partial charge >= 0.3 is 0 Å². The predicted octanol–water partition coefficient (Wildman–Crippen LogP) is 3.61. The van der Waals surface area contributed by atoms with Crippen LogP contribution in [0.4, 0.5) is 0 Å². The molecule has 1 aromatic rings.